The fraction of sp³-hybridized carbons (Fsp3) is 0.227. The Morgan fingerprint density at radius 3 is 2.26 bits per heavy atom. The van der Waals surface area contributed by atoms with Gasteiger partial charge in [0.05, 0.1) is 5.56 Å². The molecular weight excluding hydrogens is 415 g/mol. The van der Waals surface area contributed by atoms with Crippen LogP contribution in [0.1, 0.15) is 28.8 Å². The highest BCUT2D eigenvalue weighted by Gasteiger charge is 2.33. The molecule has 0 unspecified atom stereocenters. The fourth-order valence-electron chi connectivity index (χ4n) is 3.12. The first-order valence-electron chi connectivity index (χ1n) is 8.70. The molecule has 27 heavy (non-hydrogen) atoms. The molecule has 0 radical (unpaired) electrons. The topological polar surface area (TPSA) is 12.9 Å². The summed E-state index contributed by atoms with van der Waals surface area (Å²) in [5, 5.41) is 0. The highest BCUT2D eigenvalue weighted by atomic mass is 79.9. The van der Waals surface area contributed by atoms with Gasteiger partial charge in [0, 0.05) is 16.4 Å². The van der Waals surface area contributed by atoms with Crippen molar-refractivity contribution in [3.63, 3.8) is 0 Å². The Morgan fingerprint density at radius 1 is 0.889 bits per heavy atom. The van der Waals surface area contributed by atoms with Crippen LogP contribution in [0.4, 0.5) is 13.2 Å². The number of halogens is 4. The molecule has 0 saturated heterocycles. The minimum atomic E-state index is -4.37. The molecule has 1 aromatic heterocycles. The van der Waals surface area contributed by atoms with Crippen LogP contribution in [0.25, 0.3) is 11.1 Å². The van der Waals surface area contributed by atoms with Crippen LogP contribution in [0.3, 0.4) is 0 Å². The van der Waals surface area contributed by atoms with E-state index in [0.717, 1.165) is 27.7 Å². The van der Waals surface area contributed by atoms with E-state index in [1.807, 2.05) is 43.3 Å². The second kappa shape index (κ2) is 8.26. The molecule has 3 aromatic rings. The summed E-state index contributed by atoms with van der Waals surface area (Å²) in [5.41, 5.74) is 3.15. The van der Waals surface area contributed by atoms with Crippen molar-refractivity contribution >= 4 is 15.9 Å². The Labute approximate surface area is 165 Å². The van der Waals surface area contributed by atoms with E-state index in [1.165, 1.54) is 6.07 Å². The van der Waals surface area contributed by atoms with Gasteiger partial charge < -0.3 is 0 Å². The summed E-state index contributed by atoms with van der Waals surface area (Å²) in [6.45, 7) is 1.91. The molecule has 3 rings (SSSR count). The zero-order valence-corrected chi connectivity index (χ0v) is 16.4. The van der Waals surface area contributed by atoms with Gasteiger partial charge in [-0.25, -0.2) is 0 Å². The lowest BCUT2D eigenvalue weighted by Gasteiger charge is -2.15. The first-order chi connectivity index (χ1) is 12.8. The molecule has 1 heterocycles. The standard InChI is InChI=1S/C22H19BrF3N/c1-15-13-16(11-12-27-15)3-2-4-18-5-6-19(14-21(18)22(24,25)26)17-7-9-20(23)10-8-17/h5-14H,2-4H2,1H3. The summed E-state index contributed by atoms with van der Waals surface area (Å²) in [4.78, 5) is 4.14. The SMILES string of the molecule is Cc1cc(CCCc2ccc(-c3ccc(Br)cc3)cc2C(F)(F)F)ccn1. The van der Waals surface area contributed by atoms with Gasteiger partial charge in [-0.15, -0.1) is 0 Å². The maximum atomic E-state index is 13.6. The summed E-state index contributed by atoms with van der Waals surface area (Å²) in [5.74, 6) is 0. The molecule has 0 amide bonds. The number of aromatic nitrogens is 1. The van der Waals surface area contributed by atoms with E-state index in [4.69, 9.17) is 0 Å². The average Bonchev–Trinajstić information content (AvgIpc) is 2.62. The van der Waals surface area contributed by atoms with Crippen LogP contribution in [0, 0.1) is 6.92 Å². The Bertz CT molecular complexity index is 918. The van der Waals surface area contributed by atoms with Crippen molar-refractivity contribution in [3.05, 3.63) is 87.7 Å². The number of benzene rings is 2. The van der Waals surface area contributed by atoms with Gasteiger partial charge in [-0.2, -0.15) is 13.2 Å². The summed E-state index contributed by atoms with van der Waals surface area (Å²) in [7, 11) is 0. The van der Waals surface area contributed by atoms with Gasteiger partial charge in [0.25, 0.3) is 0 Å². The van der Waals surface area contributed by atoms with Crippen molar-refractivity contribution in [1.29, 1.82) is 0 Å². The number of aryl methyl sites for hydroxylation is 3. The Hall–Kier alpha value is -2.14. The largest absolute Gasteiger partial charge is 0.416 e. The second-order valence-electron chi connectivity index (χ2n) is 6.54. The average molecular weight is 434 g/mol. The third-order valence-corrected chi connectivity index (χ3v) is 4.99. The van der Waals surface area contributed by atoms with Gasteiger partial charge in [0.2, 0.25) is 0 Å². The highest BCUT2D eigenvalue weighted by Crippen LogP contribution is 2.36. The first-order valence-corrected chi connectivity index (χ1v) is 9.50. The van der Waals surface area contributed by atoms with Gasteiger partial charge in [0.15, 0.2) is 0 Å². The van der Waals surface area contributed by atoms with Gasteiger partial charge in [0.1, 0.15) is 0 Å². The molecule has 0 saturated carbocycles. The second-order valence-corrected chi connectivity index (χ2v) is 7.45. The van der Waals surface area contributed by atoms with Crippen molar-refractivity contribution in [2.45, 2.75) is 32.4 Å². The van der Waals surface area contributed by atoms with E-state index < -0.39 is 11.7 Å². The van der Waals surface area contributed by atoms with Crippen LogP contribution in [-0.4, -0.2) is 4.98 Å². The smallest absolute Gasteiger partial charge is 0.262 e. The zero-order chi connectivity index (χ0) is 19.4. The Kier molecular flexibility index (Phi) is 6.00. The van der Waals surface area contributed by atoms with E-state index in [1.54, 1.807) is 18.3 Å². The number of hydrogen-bond acceptors (Lipinski definition) is 1. The van der Waals surface area contributed by atoms with Crippen LogP contribution in [0.5, 0.6) is 0 Å². The molecule has 0 atom stereocenters. The number of pyridine rings is 1. The van der Waals surface area contributed by atoms with Crippen LogP contribution >= 0.6 is 15.9 Å². The molecular formula is C22H19BrF3N. The predicted octanol–water partition coefficient (Wildman–Crippen LogP) is 7.01. The van der Waals surface area contributed by atoms with E-state index in [9.17, 15) is 13.2 Å². The van der Waals surface area contributed by atoms with Crippen molar-refractivity contribution in [1.82, 2.24) is 4.98 Å². The van der Waals surface area contributed by atoms with E-state index in [0.29, 0.717) is 24.0 Å². The molecule has 5 heteroatoms. The van der Waals surface area contributed by atoms with Crippen molar-refractivity contribution in [2.24, 2.45) is 0 Å². The molecule has 140 valence electrons. The molecule has 0 aliphatic heterocycles. The monoisotopic (exact) mass is 433 g/mol. The molecule has 0 aliphatic rings. The van der Waals surface area contributed by atoms with Gasteiger partial charge in [-0.3, -0.25) is 4.98 Å². The summed E-state index contributed by atoms with van der Waals surface area (Å²) >= 11 is 3.34. The maximum absolute atomic E-state index is 13.6. The number of rotatable bonds is 5. The fourth-order valence-corrected chi connectivity index (χ4v) is 3.39. The molecule has 0 N–H and O–H groups in total. The third kappa shape index (κ3) is 5.19. The Morgan fingerprint density at radius 2 is 1.59 bits per heavy atom. The van der Waals surface area contributed by atoms with Gasteiger partial charge in [-0.05, 0) is 78.8 Å². The summed E-state index contributed by atoms with van der Waals surface area (Å²) < 4.78 is 41.7. The molecule has 1 nitrogen and oxygen atoms in total. The highest BCUT2D eigenvalue weighted by molar-refractivity contribution is 9.10. The van der Waals surface area contributed by atoms with E-state index >= 15 is 0 Å². The third-order valence-electron chi connectivity index (χ3n) is 4.47. The number of alkyl halides is 3. The van der Waals surface area contributed by atoms with Crippen molar-refractivity contribution in [2.75, 3.05) is 0 Å². The molecule has 2 aromatic carbocycles. The Balaban J connectivity index is 1.81. The first kappa shape index (κ1) is 19.6. The van der Waals surface area contributed by atoms with Crippen LogP contribution in [0.2, 0.25) is 0 Å². The molecule has 0 aliphatic carbocycles. The van der Waals surface area contributed by atoms with Gasteiger partial charge in [-0.1, -0.05) is 40.2 Å². The molecule has 0 fully saturated rings. The van der Waals surface area contributed by atoms with Crippen LogP contribution in [0.15, 0.2) is 65.3 Å². The summed E-state index contributed by atoms with van der Waals surface area (Å²) in [6, 6.07) is 15.8. The van der Waals surface area contributed by atoms with E-state index in [2.05, 4.69) is 20.9 Å². The van der Waals surface area contributed by atoms with Crippen LogP contribution < -0.4 is 0 Å². The minimum Gasteiger partial charge on any atom is -0.262 e. The zero-order valence-electron chi connectivity index (χ0n) is 14.9. The quantitative estimate of drug-likeness (QED) is 0.421. The number of hydrogen-bond donors (Lipinski definition) is 0. The minimum absolute atomic E-state index is 0.342. The maximum Gasteiger partial charge on any atom is 0.416 e. The van der Waals surface area contributed by atoms with Gasteiger partial charge >= 0.3 is 6.18 Å². The van der Waals surface area contributed by atoms with E-state index in [-0.39, 0.29) is 0 Å². The normalized spacial score (nSPS) is 11.6. The lowest BCUT2D eigenvalue weighted by molar-refractivity contribution is -0.138. The predicted molar refractivity (Wildman–Crippen MR) is 106 cm³/mol. The number of nitrogens with zero attached hydrogens (tertiary/aromatic N) is 1. The lowest BCUT2D eigenvalue weighted by Crippen LogP contribution is -2.10. The lowest BCUT2D eigenvalue weighted by atomic mass is 9.95. The molecule has 0 spiro atoms. The summed E-state index contributed by atoms with van der Waals surface area (Å²) in [6.07, 6.45) is -0.858. The van der Waals surface area contributed by atoms with Crippen molar-refractivity contribution in [3.8, 4) is 11.1 Å². The van der Waals surface area contributed by atoms with Crippen molar-refractivity contribution < 1.29 is 13.2 Å². The van der Waals surface area contributed by atoms with Crippen LogP contribution in [-0.2, 0) is 19.0 Å². The molecule has 0 bridgehead atoms.